The Morgan fingerprint density at radius 1 is 1.10 bits per heavy atom. The molecule has 1 amide bonds. The average molecular weight is 293 g/mol. The van der Waals surface area contributed by atoms with Gasteiger partial charge < -0.3 is 19.1 Å². The van der Waals surface area contributed by atoms with Crippen LogP contribution in [0.4, 0.5) is 0 Å². The highest BCUT2D eigenvalue weighted by Crippen LogP contribution is 2.25. The van der Waals surface area contributed by atoms with Crippen LogP contribution in [0.15, 0.2) is 18.2 Å². The van der Waals surface area contributed by atoms with Gasteiger partial charge >= 0.3 is 5.97 Å². The van der Waals surface area contributed by atoms with Gasteiger partial charge in [-0.2, -0.15) is 0 Å². The molecule has 1 fully saturated rings. The number of rotatable bonds is 4. The number of ether oxygens (including phenoxy) is 3. The predicted molar refractivity (Wildman–Crippen MR) is 75.6 cm³/mol. The molecular weight excluding hydrogens is 274 g/mol. The molecule has 1 saturated heterocycles. The van der Waals surface area contributed by atoms with Crippen LogP contribution in [0.2, 0.25) is 0 Å². The summed E-state index contributed by atoms with van der Waals surface area (Å²) in [7, 11) is 4.43. The summed E-state index contributed by atoms with van der Waals surface area (Å²) < 4.78 is 15.0. The first-order valence-electron chi connectivity index (χ1n) is 6.69. The van der Waals surface area contributed by atoms with Gasteiger partial charge in [-0.1, -0.05) is 0 Å². The van der Waals surface area contributed by atoms with E-state index in [1.807, 2.05) is 0 Å². The van der Waals surface area contributed by atoms with Gasteiger partial charge in [-0.05, 0) is 18.6 Å². The molecule has 1 aromatic rings. The van der Waals surface area contributed by atoms with E-state index in [2.05, 4.69) is 0 Å². The summed E-state index contributed by atoms with van der Waals surface area (Å²) in [6.07, 6.45) is 0.625. The lowest BCUT2D eigenvalue weighted by Crippen LogP contribution is -2.30. The Balaban J connectivity index is 2.15. The molecule has 0 bridgehead atoms. The van der Waals surface area contributed by atoms with E-state index < -0.39 is 0 Å². The minimum atomic E-state index is -0.270. The van der Waals surface area contributed by atoms with E-state index in [-0.39, 0.29) is 17.8 Å². The lowest BCUT2D eigenvalue weighted by atomic mass is 10.1. The normalized spacial score (nSPS) is 17.5. The molecule has 1 heterocycles. The van der Waals surface area contributed by atoms with Crippen LogP contribution < -0.4 is 9.47 Å². The van der Waals surface area contributed by atoms with Gasteiger partial charge in [0.25, 0.3) is 5.91 Å². The molecule has 1 aliphatic heterocycles. The minimum absolute atomic E-state index is 0.140. The van der Waals surface area contributed by atoms with Crippen LogP contribution in [0.25, 0.3) is 0 Å². The van der Waals surface area contributed by atoms with Gasteiger partial charge in [0.05, 0.1) is 27.2 Å². The fourth-order valence-electron chi connectivity index (χ4n) is 2.42. The summed E-state index contributed by atoms with van der Waals surface area (Å²) in [5, 5.41) is 0. The van der Waals surface area contributed by atoms with Crippen molar-refractivity contribution in [2.24, 2.45) is 5.92 Å². The molecule has 6 heteroatoms. The molecular formula is C15H19NO5. The van der Waals surface area contributed by atoms with E-state index in [4.69, 9.17) is 14.2 Å². The molecule has 0 N–H and O–H groups in total. The van der Waals surface area contributed by atoms with E-state index in [1.165, 1.54) is 21.3 Å². The third kappa shape index (κ3) is 3.26. The molecule has 2 rings (SSSR count). The monoisotopic (exact) mass is 293 g/mol. The van der Waals surface area contributed by atoms with Gasteiger partial charge in [0, 0.05) is 24.7 Å². The zero-order valence-corrected chi connectivity index (χ0v) is 12.4. The van der Waals surface area contributed by atoms with E-state index in [0.29, 0.717) is 36.6 Å². The van der Waals surface area contributed by atoms with Gasteiger partial charge in [-0.25, -0.2) is 0 Å². The zero-order valence-electron chi connectivity index (χ0n) is 12.4. The van der Waals surface area contributed by atoms with Crippen molar-refractivity contribution in [2.75, 3.05) is 34.4 Å². The Morgan fingerprint density at radius 3 is 2.24 bits per heavy atom. The first kappa shape index (κ1) is 15.2. The van der Waals surface area contributed by atoms with Crippen LogP contribution in [0, 0.1) is 5.92 Å². The number of benzene rings is 1. The number of esters is 1. The molecule has 6 nitrogen and oxygen atoms in total. The van der Waals surface area contributed by atoms with Crippen LogP contribution in [0.1, 0.15) is 16.8 Å². The second-order valence-electron chi connectivity index (χ2n) is 4.86. The van der Waals surface area contributed by atoms with Gasteiger partial charge in [0.1, 0.15) is 11.5 Å². The number of nitrogens with zero attached hydrogens (tertiary/aromatic N) is 1. The molecule has 1 unspecified atom stereocenters. The Hall–Kier alpha value is -2.24. The van der Waals surface area contributed by atoms with Crippen LogP contribution in [0.3, 0.4) is 0 Å². The van der Waals surface area contributed by atoms with E-state index in [9.17, 15) is 9.59 Å². The highest BCUT2D eigenvalue weighted by atomic mass is 16.5. The highest BCUT2D eigenvalue weighted by Gasteiger charge is 2.32. The van der Waals surface area contributed by atoms with Gasteiger partial charge in [-0.3, -0.25) is 9.59 Å². The van der Waals surface area contributed by atoms with Crippen molar-refractivity contribution >= 4 is 11.9 Å². The minimum Gasteiger partial charge on any atom is -0.497 e. The lowest BCUT2D eigenvalue weighted by Gasteiger charge is -2.17. The van der Waals surface area contributed by atoms with E-state index in [0.717, 1.165) is 0 Å². The molecule has 0 radical (unpaired) electrons. The Bertz CT molecular complexity index is 521. The van der Waals surface area contributed by atoms with Crippen molar-refractivity contribution in [2.45, 2.75) is 6.42 Å². The second-order valence-corrected chi connectivity index (χ2v) is 4.86. The zero-order chi connectivity index (χ0) is 15.4. The second kappa shape index (κ2) is 6.47. The first-order chi connectivity index (χ1) is 10.1. The quantitative estimate of drug-likeness (QED) is 0.784. The van der Waals surface area contributed by atoms with Crippen molar-refractivity contribution in [3.63, 3.8) is 0 Å². The van der Waals surface area contributed by atoms with Crippen molar-refractivity contribution in [3.8, 4) is 11.5 Å². The molecule has 21 heavy (non-hydrogen) atoms. The Labute approximate surface area is 123 Å². The van der Waals surface area contributed by atoms with E-state index >= 15 is 0 Å². The molecule has 0 aromatic heterocycles. The summed E-state index contributed by atoms with van der Waals surface area (Å²) >= 11 is 0. The Morgan fingerprint density at radius 2 is 1.71 bits per heavy atom. The molecule has 0 saturated carbocycles. The largest absolute Gasteiger partial charge is 0.497 e. The van der Waals surface area contributed by atoms with Crippen LogP contribution in [-0.2, 0) is 9.53 Å². The van der Waals surface area contributed by atoms with E-state index in [1.54, 1.807) is 23.1 Å². The SMILES string of the molecule is COC(=O)C1CCN(C(=O)c2cc(OC)cc(OC)c2)C1. The highest BCUT2D eigenvalue weighted by molar-refractivity contribution is 5.95. The number of hydrogen-bond acceptors (Lipinski definition) is 5. The van der Waals surface area contributed by atoms with Gasteiger partial charge in [-0.15, -0.1) is 0 Å². The maximum atomic E-state index is 12.5. The fraction of sp³-hybridized carbons (Fsp3) is 0.467. The molecule has 1 atom stereocenters. The standard InChI is InChI=1S/C15H19NO5/c1-19-12-6-11(7-13(8-12)20-2)14(17)16-5-4-10(9-16)15(18)21-3/h6-8,10H,4-5,9H2,1-3H3. The van der Waals surface area contributed by atoms with Crippen LogP contribution in [-0.4, -0.2) is 51.2 Å². The van der Waals surface area contributed by atoms with Gasteiger partial charge in [0.15, 0.2) is 0 Å². The number of amides is 1. The van der Waals surface area contributed by atoms with Crippen molar-refractivity contribution in [3.05, 3.63) is 23.8 Å². The third-order valence-electron chi connectivity index (χ3n) is 3.61. The Kier molecular flexibility index (Phi) is 4.67. The van der Waals surface area contributed by atoms with Crippen molar-refractivity contribution in [1.82, 2.24) is 4.90 Å². The number of likely N-dealkylation sites (tertiary alicyclic amines) is 1. The smallest absolute Gasteiger partial charge is 0.310 e. The first-order valence-corrected chi connectivity index (χ1v) is 6.69. The molecule has 1 aliphatic rings. The van der Waals surface area contributed by atoms with Crippen molar-refractivity contribution < 1.29 is 23.8 Å². The lowest BCUT2D eigenvalue weighted by molar-refractivity contribution is -0.144. The number of hydrogen-bond donors (Lipinski definition) is 0. The average Bonchev–Trinajstić information content (AvgIpc) is 3.02. The fourth-order valence-corrected chi connectivity index (χ4v) is 2.42. The number of carbonyl (C=O) groups excluding carboxylic acids is 2. The molecule has 0 spiro atoms. The number of methoxy groups -OCH3 is 3. The van der Waals surface area contributed by atoms with Crippen molar-refractivity contribution in [1.29, 1.82) is 0 Å². The maximum absolute atomic E-state index is 12.5. The summed E-state index contributed by atoms with van der Waals surface area (Å²) in [4.78, 5) is 25.7. The summed E-state index contributed by atoms with van der Waals surface area (Å²) in [6.45, 7) is 0.920. The number of carbonyl (C=O) groups is 2. The molecule has 1 aromatic carbocycles. The summed E-state index contributed by atoms with van der Waals surface area (Å²) in [5.41, 5.74) is 0.483. The summed E-state index contributed by atoms with van der Waals surface area (Å²) in [6, 6.07) is 5.03. The summed E-state index contributed by atoms with van der Waals surface area (Å²) in [5.74, 6) is 0.460. The third-order valence-corrected chi connectivity index (χ3v) is 3.61. The van der Waals surface area contributed by atoms with Crippen LogP contribution in [0.5, 0.6) is 11.5 Å². The topological polar surface area (TPSA) is 65.1 Å². The maximum Gasteiger partial charge on any atom is 0.310 e. The molecule has 114 valence electrons. The molecule has 0 aliphatic carbocycles. The van der Waals surface area contributed by atoms with Gasteiger partial charge in [0.2, 0.25) is 0 Å². The van der Waals surface area contributed by atoms with Crippen LogP contribution >= 0.6 is 0 Å². The predicted octanol–water partition coefficient (Wildman–Crippen LogP) is 1.34.